The second-order valence-electron chi connectivity index (χ2n) is 2.21. The van der Waals surface area contributed by atoms with E-state index in [0.29, 0.717) is 0 Å². The summed E-state index contributed by atoms with van der Waals surface area (Å²) in [7, 11) is 0. The maximum Gasteiger partial charge on any atom is 0.346 e. The van der Waals surface area contributed by atoms with Crippen molar-refractivity contribution in [2.45, 2.75) is 12.2 Å². The summed E-state index contributed by atoms with van der Waals surface area (Å²) in [6.07, 6.45) is -3.53. The predicted octanol–water partition coefficient (Wildman–Crippen LogP) is -2.67. The minimum atomic E-state index is -2.26. The summed E-state index contributed by atoms with van der Waals surface area (Å²) in [4.78, 5) is 20.6. The Morgan fingerprint density at radius 1 is 1.31 bits per heavy atom. The highest BCUT2D eigenvalue weighted by Gasteiger charge is 2.25. The van der Waals surface area contributed by atoms with Crippen molar-refractivity contribution >= 4 is 11.9 Å². The van der Waals surface area contributed by atoms with Crippen LogP contribution < -0.4 is 0 Å². The fourth-order valence-corrected chi connectivity index (χ4v) is 0.411. The SMILES string of the molecule is O=C(O)C(O)C(=O)OCC(O)CO. The third kappa shape index (κ3) is 4.41. The zero-order chi connectivity index (χ0) is 10.4. The molecule has 2 atom stereocenters. The van der Waals surface area contributed by atoms with Crippen LogP contribution in [0.15, 0.2) is 0 Å². The van der Waals surface area contributed by atoms with E-state index in [9.17, 15) is 9.59 Å². The van der Waals surface area contributed by atoms with Crippen LogP contribution in [-0.4, -0.2) is 57.8 Å². The van der Waals surface area contributed by atoms with Gasteiger partial charge in [-0.3, -0.25) is 0 Å². The van der Waals surface area contributed by atoms with Crippen molar-refractivity contribution < 1.29 is 34.8 Å². The molecule has 0 bridgehead atoms. The van der Waals surface area contributed by atoms with Crippen molar-refractivity contribution in [3.63, 3.8) is 0 Å². The summed E-state index contributed by atoms with van der Waals surface area (Å²) < 4.78 is 4.14. The van der Waals surface area contributed by atoms with Crippen molar-refractivity contribution in [1.82, 2.24) is 0 Å². The Bertz CT molecular complexity index is 189. The molecule has 0 aliphatic rings. The molecule has 0 aromatic rings. The van der Waals surface area contributed by atoms with Gasteiger partial charge in [-0.25, -0.2) is 9.59 Å². The zero-order valence-corrected chi connectivity index (χ0v) is 6.58. The molecule has 7 heteroatoms. The molecular weight excluding hydrogens is 184 g/mol. The van der Waals surface area contributed by atoms with Crippen LogP contribution in [-0.2, 0) is 14.3 Å². The maximum absolute atomic E-state index is 10.6. The topological polar surface area (TPSA) is 124 Å². The second kappa shape index (κ2) is 5.46. The van der Waals surface area contributed by atoms with E-state index >= 15 is 0 Å². The normalized spacial score (nSPS) is 14.7. The lowest BCUT2D eigenvalue weighted by Gasteiger charge is -2.09. The first kappa shape index (κ1) is 11.8. The van der Waals surface area contributed by atoms with Gasteiger partial charge in [0.1, 0.15) is 12.7 Å². The van der Waals surface area contributed by atoms with E-state index in [0.717, 1.165) is 0 Å². The highest BCUT2D eigenvalue weighted by atomic mass is 16.6. The summed E-state index contributed by atoms with van der Waals surface area (Å²) in [5, 5.41) is 33.6. The molecule has 76 valence electrons. The number of aliphatic hydroxyl groups is 3. The number of aliphatic carboxylic acids is 1. The van der Waals surface area contributed by atoms with Gasteiger partial charge < -0.3 is 25.2 Å². The molecule has 0 rings (SSSR count). The zero-order valence-electron chi connectivity index (χ0n) is 6.58. The Morgan fingerprint density at radius 3 is 2.23 bits per heavy atom. The summed E-state index contributed by atoms with van der Waals surface area (Å²) >= 11 is 0. The average molecular weight is 194 g/mol. The van der Waals surface area contributed by atoms with Gasteiger partial charge >= 0.3 is 11.9 Å². The van der Waals surface area contributed by atoms with E-state index in [2.05, 4.69) is 4.74 Å². The third-order valence-corrected chi connectivity index (χ3v) is 1.09. The number of esters is 1. The molecule has 4 N–H and O–H groups in total. The van der Waals surface area contributed by atoms with E-state index in [-0.39, 0.29) is 0 Å². The van der Waals surface area contributed by atoms with Crippen LogP contribution in [0.3, 0.4) is 0 Å². The molecule has 2 unspecified atom stereocenters. The van der Waals surface area contributed by atoms with Gasteiger partial charge in [0.05, 0.1) is 6.61 Å². The van der Waals surface area contributed by atoms with Crippen LogP contribution in [0.5, 0.6) is 0 Å². The molecule has 0 aromatic carbocycles. The first-order valence-corrected chi connectivity index (χ1v) is 3.35. The summed E-state index contributed by atoms with van der Waals surface area (Å²) in [5.41, 5.74) is 0. The number of carbonyl (C=O) groups excluding carboxylic acids is 1. The van der Waals surface area contributed by atoms with Gasteiger partial charge in [-0.05, 0) is 0 Å². The fraction of sp³-hybridized carbons (Fsp3) is 0.667. The lowest BCUT2D eigenvalue weighted by Crippen LogP contribution is -2.33. The van der Waals surface area contributed by atoms with Crippen molar-refractivity contribution in [2.75, 3.05) is 13.2 Å². The molecule has 7 nitrogen and oxygen atoms in total. The number of carboxylic acid groups (broad SMARTS) is 1. The summed E-state index contributed by atoms with van der Waals surface area (Å²) in [5.74, 6) is -3.11. The van der Waals surface area contributed by atoms with Gasteiger partial charge in [-0.15, -0.1) is 0 Å². The molecule has 0 aliphatic carbocycles. The third-order valence-electron chi connectivity index (χ3n) is 1.09. The van der Waals surface area contributed by atoms with Gasteiger partial charge in [0.2, 0.25) is 6.10 Å². The van der Waals surface area contributed by atoms with Crippen LogP contribution in [0.1, 0.15) is 0 Å². The van der Waals surface area contributed by atoms with Crippen LogP contribution in [0, 0.1) is 0 Å². The Balaban J connectivity index is 3.81. The van der Waals surface area contributed by atoms with Crippen molar-refractivity contribution in [3.05, 3.63) is 0 Å². The van der Waals surface area contributed by atoms with Crippen LogP contribution >= 0.6 is 0 Å². The number of aliphatic hydroxyl groups excluding tert-OH is 3. The highest BCUT2D eigenvalue weighted by Crippen LogP contribution is 1.91. The summed E-state index contributed by atoms with van der Waals surface area (Å²) in [6, 6.07) is 0. The van der Waals surface area contributed by atoms with Crippen molar-refractivity contribution in [3.8, 4) is 0 Å². The van der Waals surface area contributed by atoms with E-state index in [4.69, 9.17) is 20.4 Å². The number of carbonyl (C=O) groups is 2. The molecule has 0 saturated heterocycles. The Kier molecular flexibility index (Phi) is 4.97. The number of carboxylic acids is 1. The molecule has 0 aliphatic heterocycles. The number of rotatable bonds is 5. The summed E-state index contributed by atoms with van der Waals surface area (Å²) in [6.45, 7) is -1.17. The molecule has 0 fully saturated rings. The lowest BCUT2D eigenvalue weighted by atomic mass is 10.3. The average Bonchev–Trinajstić information content (AvgIpc) is 2.11. The molecule has 0 aromatic heterocycles. The van der Waals surface area contributed by atoms with Crippen LogP contribution in [0.25, 0.3) is 0 Å². The van der Waals surface area contributed by atoms with E-state index < -0.39 is 37.4 Å². The molecule has 0 saturated carbocycles. The van der Waals surface area contributed by atoms with E-state index in [1.807, 2.05) is 0 Å². The minimum Gasteiger partial charge on any atom is -0.479 e. The molecule has 0 spiro atoms. The lowest BCUT2D eigenvalue weighted by molar-refractivity contribution is -0.167. The number of hydrogen-bond donors (Lipinski definition) is 4. The fourth-order valence-electron chi connectivity index (χ4n) is 0.411. The molecule has 0 radical (unpaired) electrons. The molecule has 0 heterocycles. The van der Waals surface area contributed by atoms with Crippen molar-refractivity contribution in [2.24, 2.45) is 0 Å². The Hall–Kier alpha value is -1.18. The van der Waals surface area contributed by atoms with Gasteiger partial charge in [0.25, 0.3) is 0 Å². The molecular formula is C6H10O7. The standard InChI is InChI=1S/C6H10O7/c7-1-3(8)2-13-6(12)4(9)5(10)11/h3-4,7-9H,1-2H2,(H,10,11). The molecule has 13 heavy (non-hydrogen) atoms. The first-order chi connectivity index (χ1) is 5.99. The first-order valence-electron chi connectivity index (χ1n) is 3.35. The van der Waals surface area contributed by atoms with Crippen LogP contribution in [0.2, 0.25) is 0 Å². The predicted molar refractivity (Wildman–Crippen MR) is 37.7 cm³/mol. The second-order valence-corrected chi connectivity index (χ2v) is 2.21. The Labute approximate surface area is 73.2 Å². The number of hydrogen-bond acceptors (Lipinski definition) is 6. The van der Waals surface area contributed by atoms with Gasteiger partial charge in [0.15, 0.2) is 0 Å². The minimum absolute atomic E-state index is 0.556. The highest BCUT2D eigenvalue weighted by molar-refractivity contribution is 5.96. The number of ether oxygens (including phenoxy) is 1. The monoisotopic (exact) mass is 194 g/mol. The van der Waals surface area contributed by atoms with E-state index in [1.54, 1.807) is 0 Å². The maximum atomic E-state index is 10.6. The molecule has 0 amide bonds. The largest absolute Gasteiger partial charge is 0.479 e. The van der Waals surface area contributed by atoms with Crippen LogP contribution in [0.4, 0.5) is 0 Å². The quantitative estimate of drug-likeness (QED) is 0.278. The van der Waals surface area contributed by atoms with Gasteiger partial charge in [-0.2, -0.15) is 0 Å². The van der Waals surface area contributed by atoms with Gasteiger partial charge in [-0.1, -0.05) is 0 Å². The Morgan fingerprint density at radius 2 is 1.85 bits per heavy atom. The smallest absolute Gasteiger partial charge is 0.346 e. The van der Waals surface area contributed by atoms with Crippen molar-refractivity contribution in [1.29, 1.82) is 0 Å². The van der Waals surface area contributed by atoms with Gasteiger partial charge in [0, 0.05) is 0 Å². The van der Waals surface area contributed by atoms with E-state index in [1.165, 1.54) is 0 Å².